The predicted octanol–water partition coefficient (Wildman–Crippen LogP) is 5.41. The van der Waals surface area contributed by atoms with Crippen molar-refractivity contribution in [1.29, 1.82) is 0 Å². The number of thiazole rings is 1. The van der Waals surface area contributed by atoms with Crippen molar-refractivity contribution >= 4 is 82.4 Å². The van der Waals surface area contributed by atoms with Gasteiger partial charge in [-0.25, -0.2) is 4.98 Å². The highest BCUT2D eigenvalue weighted by molar-refractivity contribution is 7.70. The first-order chi connectivity index (χ1) is 40.8. The van der Waals surface area contributed by atoms with Crippen LogP contribution < -0.4 is 31.9 Å². The number of carbonyl (C=O) groups is 8. The number of primary amides is 1. The van der Waals surface area contributed by atoms with E-state index in [1.54, 1.807) is 23.8 Å². The standard InChI is InChI=1S/C62H72N9O13PS/c1-34-54(86-33-65-34)40-18-16-37(17-19-40)30-64-57(76)49-29-44(72)31-70(49)60(79)55(62(3,4)5)69-52(74)11-6-8-36-12-14-38(15-13-36)32-84-35(2)45(24-25-51(63)73)67-58(77)50-28-41-10-7-9-39-20-23-47(59(78)71(50)53(39)41)68-56(75)48-27-43-26-42(21-22-46(43)66-48)61(80)85(81,82)83/h7,9-10,12-19,21-22,26-27,33,35,44-45,47,49-50,55,66,72H,6,8,11,20,23-25,28-32H2,1-5H3,(H2,63,73)(H,64,76)(H,67,77)(H,68,75)(H,69,74)(H2,81,82,83)/t35-,44-,45+,47+,49+,50+,55-/m1/s1. The van der Waals surface area contributed by atoms with Crippen LogP contribution in [0.5, 0.6) is 0 Å². The largest absolute Gasteiger partial charge is 0.396 e. The van der Waals surface area contributed by atoms with Crippen LogP contribution in [0, 0.1) is 12.3 Å². The molecule has 5 heterocycles. The summed E-state index contributed by atoms with van der Waals surface area (Å²) >= 11 is 1.56. The van der Waals surface area contributed by atoms with E-state index in [2.05, 4.69) is 31.2 Å². The van der Waals surface area contributed by atoms with Gasteiger partial charge in [0.1, 0.15) is 29.9 Å². The Balaban J connectivity index is 0.765. The summed E-state index contributed by atoms with van der Waals surface area (Å²) < 4.78 is 17.9. The van der Waals surface area contributed by atoms with Gasteiger partial charge in [-0.2, -0.15) is 0 Å². The van der Waals surface area contributed by atoms with E-state index in [0.29, 0.717) is 35.9 Å². The maximum Gasteiger partial charge on any atom is 0.396 e. The number of hydrogen-bond acceptors (Lipinski definition) is 13. The summed E-state index contributed by atoms with van der Waals surface area (Å²) in [5, 5.41) is 22.7. The maximum absolute atomic E-state index is 14.6. The Bertz CT molecular complexity index is 3610. The predicted molar refractivity (Wildman–Crippen MR) is 321 cm³/mol. The molecule has 1 saturated heterocycles. The smallest absolute Gasteiger partial charge is 0.391 e. The van der Waals surface area contributed by atoms with E-state index in [4.69, 9.17) is 10.5 Å². The lowest BCUT2D eigenvalue weighted by atomic mass is 9.85. The Hall–Kier alpha value is -7.92. The molecule has 10 N–H and O–H groups in total. The topological polar surface area (TPSA) is 333 Å². The SMILES string of the molecule is Cc1ncsc1-c1ccc(CNC(=O)[C@@H]2C[C@@H](O)CN2C(=O)[C@@H](NC(=O)CCCc2ccc(CO[C@H](C)[C@H](CCC(N)=O)NC(=O)[C@@H]3Cc4cccc5c4N3C(=O)[C@@H](NC(=O)c3cc4cc(C(=O)P(=O)(O)O)ccc4[nH]3)CC5)cc2)C(C)(C)C)cc1. The van der Waals surface area contributed by atoms with E-state index in [1.165, 1.54) is 34.1 Å². The first-order valence-corrected chi connectivity index (χ1v) is 31.1. The number of aryl methyl sites for hydroxylation is 3. The van der Waals surface area contributed by atoms with Crippen molar-refractivity contribution in [3.05, 3.63) is 141 Å². The Labute approximate surface area is 501 Å². The number of H-pyrrole nitrogens is 1. The summed E-state index contributed by atoms with van der Waals surface area (Å²) in [6.07, 6.45) is 0.555. The average Bonchev–Trinajstić information content (AvgIpc) is 1.84. The van der Waals surface area contributed by atoms with E-state index in [-0.39, 0.29) is 75.4 Å². The van der Waals surface area contributed by atoms with Crippen molar-refractivity contribution in [1.82, 2.24) is 36.1 Å². The fourth-order valence-electron chi connectivity index (χ4n) is 11.4. The molecule has 7 amide bonds. The number of ether oxygens (including phenoxy) is 1. The van der Waals surface area contributed by atoms with Crippen LogP contribution in [0.3, 0.4) is 0 Å². The molecular formula is C62H72N9O13PS. The monoisotopic (exact) mass is 1210 g/mol. The quantitative estimate of drug-likeness (QED) is 0.0363. The van der Waals surface area contributed by atoms with Crippen molar-refractivity contribution in [2.75, 3.05) is 11.4 Å². The molecule has 86 heavy (non-hydrogen) atoms. The average molecular weight is 1210 g/mol. The fraction of sp³-hybridized carbons (Fsp3) is 0.403. The third kappa shape index (κ3) is 14.7. The minimum absolute atomic E-state index is 0.0338. The van der Waals surface area contributed by atoms with E-state index in [9.17, 15) is 57.8 Å². The van der Waals surface area contributed by atoms with Gasteiger partial charge in [-0.05, 0) is 109 Å². The number of aromatic nitrogens is 2. The molecule has 0 saturated carbocycles. The first kappa shape index (κ1) is 62.6. The summed E-state index contributed by atoms with van der Waals surface area (Å²) in [5.41, 5.74) is 12.3. The molecule has 22 nitrogen and oxygen atoms in total. The van der Waals surface area contributed by atoms with Gasteiger partial charge in [-0.3, -0.25) is 47.8 Å². The number of rotatable bonds is 23. The van der Waals surface area contributed by atoms with Gasteiger partial charge in [-0.1, -0.05) is 87.5 Å². The third-order valence-electron chi connectivity index (χ3n) is 16.1. The molecule has 3 aliphatic rings. The second-order valence-corrected chi connectivity index (χ2v) is 25.9. The minimum atomic E-state index is -5.06. The molecule has 24 heteroatoms. The Morgan fingerprint density at radius 3 is 2.29 bits per heavy atom. The number of anilines is 1. The lowest BCUT2D eigenvalue weighted by molar-refractivity contribution is -0.144. The minimum Gasteiger partial charge on any atom is -0.391 e. The normalized spacial score (nSPS) is 18.6. The molecule has 0 unspecified atom stereocenters. The van der Waals surface area contributed by atoms with Crippen LogP contribution >= 0.6 is 18.9 Å². The summed E-state index contributed by atoms with van der Waals surface area (Å²) in [5.74, 6) is -3.39. The molecule has 6 aromatic rings. The Morgan fingerprint density at radius 2 is 1.60 bits per heavy atom. The third-order valence-corrected chi connectivity index (χ3v) is 17.9. The number of fused-ring (bicyclic) bond motifs is 1. The van der Waals surface area contributed by atoms with Gasteiger partial charge >= 0.3 is 7.60 Å². The number of hydrogen-bond donors (Lipinski definition) is 9. The highest BCUT2D eigenvalue weighted by Gasteiger charge is 2.46. The zero-order valence-corrected chi connectivity index (χ0v) is 50.2. The number of para-hydroxylation sites is 1. The van der Waals surface area contributed by atoms with Gasteiger partial charge < -0.3 is 56.5 Å². The van der Waals surface area contributed by atoms with Crippen molar-refractivity contribution in [2.24, 2.45) is 11.1 Å². The number of likely N-dealkylation sites (tertiary alicyclic amines) is 1. The summed E-state index contributed by atoms with van der Waals surface area (Å²) in [6, 6.07) is 21.7. The van der Waals surface area contributed by atoms with E-state index >= 15 is 0 Å². The van der Waals surface area contributed by atoms with Gasteiger partial charge in [0, 0.05) is 55.2 Å². The number of β-amino-alcohol motifs (C(OH)–C–C–N with tert-alkyl or cyclic N) is 1. The lowest BCUT2D eigenvalue weighted by Gasteiger charge is -2.35. The second-order valence-electron chi connectivity index (χ2n) is 23.5. The van der Waals surface area contributed by atoms with Crippen LogP contribution in [0.15, 0.2) is 96.5 Å². The molecular weight excluding hydrogens is 1140 g/mol. The number of nitrogens with zero attached hydrogens (tertiary/aromatic N) is 3. The number of aliphatic hydroxyl groups excluding tert-OH is 1. The number of aliphatic hydroxyl groups is 1. The van der Waals surface area contributed by atoms with Gasteiger partial charge in [0.2, 0.25) is 35.4 Å². The number of carbonyl (C=O) groups excluding carboxylic acids is 8. The van der Waals surface area contributed by atoms with Crippen LogP contribution in [0.1, 0.15) is 121 Å². The number of amides is 7. The molecule has 0 aliphatic carbocycles. The van der Waals surface area contributed by atoms with E-state index < -0.39 is 96.4 Å². The van der Waals surface area contributed by atoms with E-state index in [0.717, 1.165) is 44.0 Å². The molecule has 1 fully saturated rings. The molecule has 0 spiro atoms. The number of nitrogens with one attached hydrogen (secondary N) is 5. The molecule has 0 radical (unpaired) electrons. The van der Waals surface area contributed by atoms with Gasteiger partial charge in [-0.15, -0.1) is 11.3 Å². The highest BCUT2D eigenvalue weighted by Crippen LogP contribution is 2.41. The zero-order chi connectivity index (χ0) is 61.8. The fourth-order valence-corrected chi connectivity index (χ4v) is 12.7. The number of benzene rings is 4. The second kappa shape index (κ2) is 26.4. The lowest BCUT2D eigenvalue weighted by Crippen LogP contribution is -2.57. The van der Waals surface area contributed by atoms with Gasteiger partial charge in [0.25, 0.3) is 11.4 Å². The highest BCUT2D eigenvalue weighted by atomic mass is 32.1. The maximum atomic E-state index is 14.6. The van der Waals surface area contributed by atoms with Crippen LogP contribution in [-0.4, -0.2) is 126 Å². The molecule has 3 aliphatic heterocycles. The van der Waals surface area contributed by atoms with Crippen molar-refractivity contribution in [2.45, 2.75) is 148 Å². The number of nitrogens with two attached hydrogens (primary N) is 1. The van der Waals surface area contributed by atoms with Crippen molar-refractivity contribution < 1.29 is 62.6 Å². The van der Waals surface area contributed by atoms with Crippen LogP contribution in [0.4, 0.5) is 5.69 Å². The molecule has 454 valence electrons. The summed E-state index contributed by atoms with van der Waals surface area (Å²) in [6.45, 7) is 9.57. The number of aromatic amines is 1. The van der Waals surface area contributed by atoms with Crippen LogP contribution in [-0.2, 0) is 70.5 Å². The Kier molecular flexibility index (Phi) is 19.2. The van der Waals surface area contributed by atoms with Crippen LogP contribution in [0.2, 0.25) is 0 Å². The molecule has 9 rings (SSSR count). The molecule has 0 bridgehead atoms. The van der Waals surface area contributed by atoms with E-state index in [1.807, 2.05) is 94.4 Å². The summed E-state index contributed by atoms with van der Waals surface area (Å²) in [4.78, 5) is 138. The zero-order valence-electron chi connectivity index (χ0n) is 48.5. The molecule has 4 aromatic carbocycles. The van der Waals surface area contributed by atoms with Crippen molar-refractivity contribution in [3.63, 3.8) is 0 Å². The summed E-state index contributed by atoms with van der Waals surface area (Å²) in [7, 11) is -5.06. The Morgan fingerprint density at radius 1 is 0.895 bits per heavy atom. The molecule has 2 aromatic heterocycles. The molecule has 7 atom stereocenters. The van der Waals surface area contributed by atoms with Gasteiger partial charge in [0.15, 0.2) is 0 Å². The van der Waals surface area contributed by atoms with Gasteiger partial charge in [0.05, 0.1) is 46.6 Å². The van der Waals surface area contributed by atoms with Crippen molar-refractivity contribution in [3.8, 4) is 10.4 Å². The first-order valence-electron chi connectivity index (χ1n) is 28.6. The van der Waals surface area contributed by atoms with Crippen LogP contribution in [0.25, 0.3) is 21.3 Å².